The number of aromatic nitrogens is 2. The molecule has 2 rings (SSSR count). The number of halogens is 1. The molecule has 0 radical (unpaired) electrons. The number of carbonyl (C=O) groups is 1. The topological polar surface area (TPSA) is 57.8 Å². The highest BCUT2D eigenvalue weighted by Crippen LogP contribution is 2.32. The second-order valence-electron chi connectivity index (χ2n) is 5.02. The highest BCUT2D eigenvalue weighted by atomic mass is 35.5. The predicted molar refractivity (Wildman–Crippen MR) is 67.1 cm³/mol. The number of rotatable bonds is 3. The van der Waals surface area contributed by atoms with Gasteiger partial charge in [-0.15, -0.1) is 11.6 Å². The Balaban J connectivity index is 2.02. The fourth-order valence-electron chi connectivity index (χ4n) is 2.30. The molecule has 1 aliphatic carbocycles. The maximum atomic E-state index is 12.0. The van der Waals surface area contributed by atoms with Crippen LogP contribution in [0.3, 0.4) is 0 Å². The van der Waals surface area contributed by atoms with Gasteiger partial charge < -0.3 is 5.32 Å². The molecular formula is C12H18ClN3O. The molecule has 94 valence electrons. The van der Waals surface area contributed by atoms with Gasteiger partial charge in [-0.05, 0) is 37.7 Å². The van der Waals surface area contributed by atoms with Crippen molar-refractivity contribution >= 4 is 17.5 Å². The van der Waals surface area contributed by atoms with E-state index in [0.717, 1.165) is 31.6 Å². The number of carbonyl (C=O) groups excluding carboxylic acids is 1. The van der Waals surface area contributed by atoms with Gasteiger partial charge in [0.05, 0.1) is 5.54 Å². The van der Waals surface area contributed by atoms with Crippen LogP contribution in [-0.2, 0) is 0 Å². The lowest BCUT2D eigenvalue weighted by atomic mass is 9.78. The van der Waals surface area contributed by atoms with E-state index in [1.165, 1.54) is 0 Å². The first kappa shape index (κ1) is 12.4. The van der Waals surface area contributed by atoms with Crippen molar-refractivity contribution < 1.29 is 4.79 Å². The molecule has 1 saturated carbocycles. The SMILES string of the molecule is CC1CCC(CCl)(NC(=O)c2ccn[nH]2)CC1. The van der Waals surface area contributed by atoms with Crippen LogP contribution in [0.5, 0.6) is 0 Å². The van der Waals surface area contributed by atoms with Crippen LogP contribution in [0.25, 0.3) is 0 Å². The number of alkyl halides is 1. The third-order valence-corrected chi connectivity index (χ3v) is 4.12. The molecule has 0 spiro atoms. The van der Waals surface area contributed by atoms with Gasteiger partial charge in [0.15, 0.2) is 0 Å². The van der Waals surface area contributed by atoms with Crippen molar-refractivity contribution in [2.75, 3.05) is 5.88 Å². The van der Waals surface area contributed by atoms with E-state index in [-0.39, 0.29) is 11.4 Å². The second-order valence-corrected chi connectivity index (χ2v) is 5.29. The zero-order valence-corrected chi connectivity index (χ0v) is 10.8. The van der Waals surface area contributed by atoms with E-state index in [1.54, 1.807) is 12.3 Å². The van der Waals surface area contributed by atoms with Crippen molar-refractivity contribution in [2.45, 2.75) is 38.1 Å². The highest BCUT2D eigenvalue weighted by molar-refractivity contribution is 6.18. The Morgan fingerprint density at radius 1 is 1.65 bits per heavy atom. The van der Waals surface area contributed by atoms with Gasteiger partial charge in [0, 0.05) is 12.1 Å². The van der Waals surface area contributed by atoms with Crippen LogP contribution in [-0.4, -0.2) is 27.5 Å². The average molecular weight is 256 g/mol. The Kier molecular flexibility index (Phi) is 3.72. The lowest BCUT2D eigenvalue weighted by molar-refractivity contribution is 0.0867. The lowest BCUT2D eigenvalue weighted by Crippen LogP contribution is -2.52. The van der Waals surface area contributed by atoms with Crippen molar-refractivity contribution in [3.63, 3.8) is 0 Å². The minimum atomic E-state index is -0.240. The molecule has 1 aliphatic rings. The minimum absolute atomic E-state index is 0.113. The first-order valence-electron chi connectivity index (χ1n) is 6.03. The van der Waals surface area contributed by atoms with Crippen molar-refractivity contribution in [3.8, 4) is 0 Å². The number of nitrogens with one attached hydrogen (secondary N) is 2. The summed E-state index contributed by atoms with van der Waals surface area (Å²) in [5, 5.41) is 9.51. The van der Waals surface area contributed by atoms with E-state index in [9.17, 15) is 4.79 Å². The molecule has 0 aromatic carbocycles. The summed E-state index contributed by atoms with van der Waals surface area (Å²) in [6, 6.07) is 1.67. The van der Waals surface area contributed by atoms with Crippen molar-refractivity contribution in [1.29, 1.82) is 0 Å². The van der Waals surface area contributed by atoms with Gasteiger partial charge in [-0.3, -0.25) is 9.89 Å². The normalized spacial score (nSPS) is 28.9. The van der Waals surface area contributed by atoms with Crippen molar-refractivity contribution in [2.24, 2.45) is 5.92 Å². The summed E-state index contributed by atoms with van der Waals surface area (Å²) in [7, 11) is 0. The first-order chi connectivity index (χ1) is 8.15. The molecule has 1 aromatic heterocycles. The number of hydrogen-bond donors (Lipinski definition) is 2. The molecule has 0 atom stereocenters. The summed E-state index contributed by atoms with van der Waals surface area (Å²) in [4.78, 5) is 12.0. The van der Waals surface area contributed by atoms with Gasteiger partial charge in [-0.2, -0.15) is 5.10 Å². The lowest BCUT2D eigenvalue weighted by Gasteiger charge is -2.38. The molecule has 1 heterocycles. The van der Waals surface area contributed by atoms with Crippen LogP contribution in [0.1, 0.15) is 43.1 Å². The number of aromatic amines is 1. The standard InChI is InChI=1S/C12H18ClN3O/c1-9-2-5-12(8-13,6-3-9)15-11(17)10-4-7-14-16-10/h4,7,9H,2-3,5-6,8H2,1H3,(H,14,16)(H,15,17). The Labute approximate surface area is 106 Å². The summed E-state index contributed by atoms with van der Waals surface area (Å²) in [5.41, 5.74) is 0.254. The Bertz CT molecular complexity index is 369. The van der Waals surface area contributed by atoms with Crippen LogP contribution < -0.4 is 5.32 Å². The number of hydrogen-bond acceptors (Lipinski definition) is 2. The summed E-state index contributed by atoms with van der Waals surface area (Å²) >= 11 is 6.05. The van der Waals surface area contributed by atoms with Crippen LogP contribution in [0.15, 0.2) is 12.3 Å². The second kappa shape index (κ2) is 5.08. The van der Waals surface area contributed by atoms with E-state index in [1.807, 2.05) is 0 Å². The molecule has 0 saturated heterocycles. The fraction of sp³-hybridized carbons (Fsp3) is 0.667. The zero-order valence-electron chi connectivity index (χ0n) is 10.0. The smallest absolute Gasteiger partial charge is 0.269 e. The minimum Gasteiger partial charge on any atom is -0.344 e. The van der Waals surface area contributed by atoms with E-state index >= 15 is 0 Å². The van der Waals surface area contributed by atoms with Gasteiger partial charge in [-0.25, -0.2) is 0 Å². The molecule has 2 N–H and O–H groups in total. The largest absolute Gasteiger partial charge is 0.344 e. The Hall–Kier alpha value is -1.03. The molecule has 0 aliphatic heterocycles. The van der Waals surface area contributed by atoms with Gasteiger partial charge in [-0.1, -0.05) is 6.92 Å². The van der Waals surface area contributed by atoms with E-state index in [4.69, 9.17) is 11.6 Å². The Morgan fingerprint density at radius 2 is 2.35 bits per heavy atom. The molecule has 17 heavy (non-hydrogen) atoms. The quantitative estimate of drug-likeness (QED) is 0.815. The van der Waals surface area contributed by atoms with Gasteiger partial charge in [0.25, 0.3) is 5.91 Å². The maximum Gasteiger partial charge on any atom is 0.269 e. The molecule has 0 bridgehead atoms. The van der Waals surface area contributed by atoms with Crippen LogP contribution >= 0.6 is 11.6 Å². The van der Waals surface area contributed by atoms with Crippen LogP contribution in [0.2, 0.25) is 0 Å². The first-order valence-corrected chi connectivity index (χ1v) is 6.56. The molecular weight excluding hydrogens is 238 g/mol. The summed E-state index contributed by atoms with van der Waals surface area (Å²) in [6.07, 6.45) is 5.73. The predicted octanol–water partition coefficient (Wildman–Crippen LogP) is 2.33. The molecule has 0 unspecified atom stereocenters. The number of nitrogens with zero attached hydrogens (tertiary/aromatic N) is 1. The molecule has 4 nitrogen and oxygen atoms in total. The fourth-order valence-corrected chi connectivity index (χ4v) is 2.63. The molecule has 5 heteroatoms. The summed E-state index contributed by atoms with van der Waals surface area (Å²) < 4.78 is 0. The molecule has 1 aromatic rings. The van der Waals surface area contributed by atoms with Crippen molar-refractivity contribution in [3.05, 3.63) is 18.0 Å². The molecule has 1 fully saturated rings. The van der Waals surface area contributed by atoms with Crippen molar-refractivity contribution in [1.82, 2.24) is 15.5 Å². The van der Waals surface area contributed by atoms with Crippen LogP contribution in [0, 0.1) is 5.92 Å². The van der Waals surface area contributed by atoms with Gasteiger partial charge in [0.1, 0.15) is 5.69 Å². The highest BCUT2D eigenvalue weighted by Gasteiger charge is 2.35. The van der Waals surface area contributed by atoms with E-state index < -0.39 is 0 Å². The van der Waals surface area contributed by atoms with Gasteiger partial charge in [0.2, 0.25) is 0 Å². The van der Waals surface area contributed by atoms with Crippen LogP contribution in [0.4, 0.5) is 0 Å². The number of H-pyrrole nitrogens is 1. The Morgan fingerprint density at radius 3 is 2.88 bits per heavy atom. The monoisotopic (exact) mass is 255 g/mol. The number of amides is 1. The van der Waals surface area contributed by atoms with E-state index in [2.05, 4.69) is 22.4 Å². The third kappa shape index (κ3) is 2.80. The summed E-state index contributed by atoms with van der Waals surface area (Å²) in [6.45, 7) is 2.24. The van der Waals surface area contributed by atoms with Gasteiger partial charge >= 0.3 is 0 Å². The van der Waals surface area contributed by atoms with E-state index in [0.29, 0.717) is 11.6 Å². The summed E-state index contributed by atoms with van der Waals surface area (Å²) in [5.74, 6) is 1.09. The zero-order chi connectivity index (χ0) is 12.3. The maximum absolute atomic E-state index is 12.0. The molecule has 1 amide bonds. The average Bonchev–Trinajstić information content (AvgIpc) is 2.86. The third-order valence-electron chi connectivity index (χ3n) is 3.61.